The minimum absolute atomic E-state index is 0.0867. The molecule has 1 aromatic rings. The highest BCUT2D eigenvalue weighted by Gasteiger charge is 2.27. The van der Waals surface area contributed by atoms with Crippen molar-refractivity contribution in [1.82, 2.24) is 9.80 Å². The molecule has 1 aromatic carbocycles. The standard InChI is InChI=1S/C33H58N2O6P/c1-4-7-8-9-10-11-12-13-14-15-16-17-18-21-26-38-28-32(39-6-3)29-40-42(36,37)41-33-23-20-19-22-31(33)27-35-25-24-34(5-2)30-35/h19-20,22-25,30,32H,4-18,21,26-29H2,1-3H3,(H,36,37). The van der Waals surface area contributed by atoms with Crippen molar-refractivity contribution in [2.75, 3.05) is 33.0 Å². The summed E-state index contributed by atoms with van der Waals surface area (Å²) in [4.78, 5) is 14.5. The predicted molar refractivity (Wildman–Crippen MR) is 171 cm³/mol. The molecule has 0 fully saturated rings. The zero-order chi connectivity index (χ0) is 30.3. The number of phosphoric ester groups is 1. The van der Waals surface area contributed by atoms with Gasteiger partial charge in [0.25, 0.3) is 0 Å². The maximum absolute atomic E-state index is 12.8. The van der Waals surface area contributed by atoms with Crippen LogP contribution in [-0.2, 0) is 25.1 Å². The van der Waals surface area contributed by atoms with Crippen LogP contribution >= 0.6 is 7.82 Å². The molecule has 8 nitrogen and oxygen atoms in total. The lowest BCUT2D eigenvalue weighted by atomic mass is 10.0. The van der Waals surface area contributed by atoms with Gasteiger partial charge in [0.1, 0.15) is 18.5 Å². The van der Waals surface area contributed by atoms with Gasteiger partial charge in [-0.3, -0.25) is 9.42 Å². The fourth-order valence-corrected chi connectivity index (χ4v) is 5.80. The summed E-state index contributed by atoms with van der Waals surface area (Å²) in [7, 11) is -4.35. The van der Waals surface area contributed by atoms with Crippen LogP contribution in [0.25, 0.3) is 0 Å². The van der Waals surface area contributed by atoms with Crippen LogP contribution in [0.1, 0.15) is 116 Å². The summed E-state index contributed by atoms with van der Waals surface area (Å²) in [5.74, 6) is 0.321. The van der Waals surface area contributed by atoms with Crippen molar-refractivity contribution < 1.29 is 28.0 Å². The molecule has 2 atom stereocenters. The second-order valence-corrected chi connectivity index (χ2v) is 12.5. The van der Waals surface area contributed by atoms with Gasteiger partial charge in [-0.05, 0) is 26.3 Å². The summed E-state index contributed by atoms with van der Waals surface area (Å²) in [6.45, 7) is 10.9. The van der Waals surface area contributed by atoms with Crippen LogP contribution in [0.4, 0.5) is 0 Å². The number of phosphoric acid groups is 1. The number of nitrogens with zero attached hydrogens (tertiary/aromatic N) is 2. The van der Waals surface area contributed by atoms with Gasteiger partial charge in [-0.2, -0.15) is 0 Å². The van der Waals surface area contributed by atoms with Crippen molar-refractivity contribution in [2.45, 2.75) is 123 Å². The van der Waals surface area contributed by atoms with Crippen LogP contribution in [0.15, 0.2) is 36.7 Å². The second kappa shape index (κ2) is 22.9. The SMILES string of the molecule is CCCCCCCCCCCCCCCCOCC(COP(=O)(O)Oc1ccccc1CN1[CH]N(CC)C=C1)OCC. The minimum atomic E-state index is -4.35. The van der Waals surface area contributed by atoms with Gasteiger partial charge in [0, 0.05) is 44.3 Å². The highest BCUT2D eigenvalue weighted by atomic mass is 31.2. The van der Waals surface area contributed by atoms with Crippen molar-refractivity contribution in [1.29, 1.82) is 0 Å². The Morgan fingerprint density at radius 3 is 1.98 bits per heavy atom. The van der Waals surface area contributed by atoms with E-state index in [2.05, 4.69) is 18.7 Å². The van der Waals surface area contributed by atoms with Gasteiger partial charge < -0.3 is 23.8 Å². The zero-order valence-electron chi connectivity index (χ0n) is 26.6. The molecule has 2 unspecified atom stereocenters. The first-order valence-electron chi connectivity index (χ1n) is 16.5. The monoisotopic (exact) mass is 609 g/mol. The van der Waals surface area contributed by atoms with Crippen LogP contribution in [0.3, 0.4) is 0 Å². The number of para-hydroxylation sites is 1. The normalized spacial score (nSPS) is 15.3. The summed E-state index contributed by atoms with van der Waals surface area (Å²) < 4.78 is 35.1. The summed E-state index contributed by atoms with van der Waals surface area (Å²) in [5.41, 5.74) is 0.784. The lowest BCUT2D eigenvalue weighted by molar-refractivity contribution is -0.0373. The van der Waals surface area contributed by atoms with Gasteiger partial charge in [-0.1, -0.05) is 109 Å². The third-order valence-electron chi connectivity index (χ3n) is 7.42. The molecule has 1 heterocycles. The average molecular weight is 610 g/mol. The Morgan fingerprint density at radius 1 is 0.786 bits per heavy atom. The van der Waals surface area contributed by atoms with E-state index < -0.39 is 13.9 Å². The number of benzene rings is 1. The number of hydrogen-bond acceptors (Lipinski definition) is 7. The van der Waals surface area contributed by atoms with E-state index in [1.807, 2.05) is 43.0 Å². The van der Waals surface area contributed by atoms with Crippen molar-refractivity contribution in [3.63, 3.8) is 0 Å². The molecule has 241 valence electrons. The topological polar surface area (TPSA) is 80.7 Å². The van der Waals surface area contributed by atoms with Crippen LogP contribution in [0, 0.1) is 6.67 Å². The fourth-order valence-electron chi connectivity index (χ4n) is 4.96. The molecule has 0 bridgehead atoms. The third-order valence-corrected chi connectivity index (χ3v) is 8.33. The molecule has 1 N–H and O–H groups in total. The third kappa shape index (κ3) is 16.9. The lowest BCUT2D eigenvalue weighted by Gasteiger charge is -2.22. The molecule has 0 saturated carbocycles. The van der Waals surface area contributed by atoms with Crippen molar-refractivity contribution in [3.05, 3.63) is 48.9 Å². The molecular formula is C33H58N2O6P. The number of ether oxygens (including phenoxy) is 2. The molecule has 42 heavy (non-hydrogen) atoms. The lowest BCUT2D eigenvalue weighted by Crippen LogP contribution is -2.26. The van der Waals surface area contributed by atoms with E-state index in [1.54, 1.807) is 12.1 Å². The van der Waals surface area contributed by atoms with E-state index in [4.69, 9.17) is 18.5 Å². The van der Waals surface area contributed by atoms with Gasteiger partial charge in [0.15, 0.2) is 0 Å². The molecular weight excluding hydrogens is 551 g/mol. The number of hydrogen-bond donors (Lipinski definition) is 1. The first kappa shape index (κ1) is 36.6. The minimum Gasteiger partial charge on any atom is -0.404 e. The van der Waals surface area contributed by atoms with Gasteiger partial charge >= 0.3 is 7.82 Å². The molecule has 0 aliphatic carbocycles. The summed E-state index contributed by atoms with van der Waals surface area (Å²) in [6.07, 6.45) is 22.0. The Kier molecular flexibility index (Phi) is 20.0. The maximum Gasteiger partial charge on any atom is 0.527 e. The zero-order valence-corrected chi connectivity index (χ0v) is 27.5. The van der Waals surface area contributed by atoms with E-state index >= 15 is 0 Å². The smallest absolute Gasteiger partial charge is 0.404 e. The van der Waals surface area contributed by atoms with E-state index in [0.717, 1.165) is 24.9 Å². The Morgan fingerprint density at radius 2 is 1.38 bits per heavy atom. The molecule has 0 amide bonds. The van der Waals surface area contributed by atoms with Crippen LogP contribution in [0.2, 0.25) is 0 Å². The maximum atomic E-state index is 12.8. The fraction of sp³-hybridized carbons (Fsp3) is 0.727. The second-order valence-electron chi connectivity index (χ2n) is 11.1. The van der Waals surface area contributed by atoms with Crippen LogP contribution in [0.5, 0.6) is 5.75 Å². The predicted octanol–water partition coefficient (Wildman–Crippen LogP) is 8.81. The molecule has 1 aliphatic heterocycles. The highest BCUT2D eigenvalue weighted by molar-refractivity contribution is 7.47. The Balaban J connectivity index is 1.56. The Labute approximate surface area is 256 Å². The summed E-state index contributed by atoms with van der Waals surface area (Å²) >= 11 is 0. The molecule has 0 aromatic heterocycles. The average Bonchev–Trinajstić information content (AvgIpc) is 3.44. The number of unbranched alkanes of at least 4 members (excludes halogenated alkanes) is 13. The van der Waals surface area contributed by atoms with Crippen LogP contribution < -0.4 is 4.52 Å². The molecule has 0 spiro atoms. The quantitative estimate of drug-likeness (QED) is 0.0783. The van der Waals surface area contributed by atoms with E-state index in [9.17, 15) is 9.46 Å². The molecule has 0 saturated heterocycles. The summed E-state index contributed by atoms with van der Waals surface area (Å²) in [6, 6.07) is 7.20. The Bertz CT molecular complexity index is 886. The van der Waals surface area contributed by atoms with Crippen molar-refractivity contribution in [3.8, 4) is 5.75 Å². The van der Waals surface area contributed by atoms with Gasteiger partial charge in [0.05, 0.1) is 13.2 Å². The summed E-state index contributed by atoms with van der Waals surface area (Å²) in [5, 5.41) is 0. The van der Waals surface area contributed by atoms with Gasteiger partial charge in [-0.15, -0.1) is 0 Å². The van der Waals surface area contributed by atoms with Gasteiger partial charge in [0.2, 0.25) is 0 Å². The number of rotatable bonds is 27. The molecule has 2 rings (SSSR count). The Hall–Kier alpha value is -1.57. The van der Waals surface area contributed by atoms with E-state index in [1.165, 1.54) is 77.0 Å². The van der Waals surface area contributed by atoms with Gasteiger partial charge in [-0.25, -0.2) is 4.57 Å². The van der Waals surface area contributed by atoms with Crippen LogP contribution in [-0.4, -0.2) is 53.8 Å². The van der Waals surface area contributed by atoms with E-state index in [0.29, 0.717) is 32.1 Å². The van der Waals surface area contributed by atoms with Crippen molar-refractivity contribution >= 4 is 7.82 Å². The largest absolute Gasteiger partial charge is 0.527 e. The molecule has 9 heteroatoms. The van der Waals surface area contributed by atoms with Crippen molar-refractivity contribution in [2.24, 2.45) is 0 Å². The first-order valence-corrected chi connectivity index (χ1v) is 18.0. The molecule has 1 aliphatic rings. The molecule has 1 radical (unpaired) electrons. The highest BCUT2D eigenvalue weighted by Crippen LogP contribution is 2.45. The first-order chi connectivity index (χ1) is 20.5. The van der Waals surface area contributed by atoms with E-state index in [-0.39, 0.29) is 6.61 Å².